The smallest absolute Gasteiger partial charge is 0.0481 e. The van der Waals surface area contributed by atoms with Crippen molar-refractivity contribution in [2.45, 2.75) is 13.1 Å². The fourth-order valence-electron chi connectivity index (χ4n) is 2.59. The Kier molecular flexibility index (Phi) is 4.20. The van der Waals surface area contributed by atoms with Gasteiger partial charge in [-0.15, -0.1) is 0 Å². The number of benzene rings is 2. The van der Waals surface area contributed by atoms with Crippen molar-refractivity contribution in [1.82, 2.24) is 9.88 Å². The molecule has 108 valence electrons. The Morgan fingerprint density at radius 2 is 1.67 bits per heavy atom. The van der Waals surface area contributed by atoms with Gasteiger partial charge >= 0.3 is 0 Å². The average Bonchev–Trinajstić information content (AvgIpc) is 2.79. The molecule has 0 unspecified atom stereocenters. The zero-order chi connectivity index (χ0) is 14.8. The summed E-state index contributed by atoms with van der Waals surface area (Å²) in [6.45, 7) is 1.44. The Morgan fingerprint density at radius 1 is 0.952 bits per heavy atom. The van der Waals surface area contributed by atoms with E-state index in [9.17, 15) is 0 Å². The van der Waals surface area contributed by atoms with E-state index in [1.54, 1.807) is 0 Å². The fourth-order valence-corrected chi connectivity index (χ4v) is 3.12. The van der Waals surface area contributed by atoms with Gasteiger partial charge in [0.1, 0.15) is 0 Å². The van der Waals surface area contributed by atoms with E-state index in [1.807, 2.05) is 18.2 Å². The van der Waals surface area contributed by atoms with Crippen molar-refractivity contribution < 1.29 is 0 Å². The van der Waals surface area contributed by atoms with Gasteiger partial charge in [-0.05, 0) is 23.8 Å². The zero-order valence-corrected chi connectivity index (χ0v) is 13.2. The molecule has 0 fully saturated rings. The first-order valence-corrected chi connectivity index (χ1v) is 7.59. The molecule has 0 radical (unpaired) electrons. The maximum atomic E-state index is 6.18. The minimum Gasteiger partial charge on any atom is -0.350 e. The first-order valence-electron chi connectivity index (χ1n) is 6.83. The van der Waals surface area contributed by atoms with Crippen LogP contribution in [-0.4, -0.2) is 4.57 Å². The summed E-state index contributed by atoms with van der Waals surface area (Å²) in [5.74, 6) is 0. The predicted molar refractivity (Wildman–Crippen MR) is 89.9 cm³/mol. The molecule has 0 spiro atoms. The van der Waals surface area contributed by atoms with Gasteiger partial charge in [-0.1, -0.05) is 47.5 Å². The fraction of sp³-hybridized carbons (Fsp3) is 0.176. The first-order chi connectivity index (χ1) is 10.2. The molecule has 0 aliphatic carbocycles. The van der Waals surface area contributed by atoms with E-state index in [1.165, 1.54) is 16.5 Å². The summed E-state index contributed by atoms with van der Waals surface area (Å²) >= 11 is 12.4. The van der Waals surface area contributed by atoms with Crippen LogP contribution < -0.4 is 5.32 Å². The molecule has 0 atom stereocenters. The molecule has 3 aromatic rings. The van der Waals surface area contributed by atoms with Gasteiger partial charge < -0.3 is 9.88 Å². The molecule has 0 aliphatic rings. The van der Waals surface area contributed by atoms with E-state index in [4.69, 9.17) is 23.2 Å². The van der Waals surface area contributed by atoms with Crippen molar-refractivity contribution in [3.8, 4) is 0 Å². The molecule has 0 aliphatic heterocycles. The zero-order valence-electron chi connectivity index (χ0n) is 11.7. The second kappa shape index (κ2) is 6.10. The molecule has 3 rings (SSSR count). The summed E-state index contributed by atoms with van der Waals surface area (Å²) in [6, 6.07) is 14.0. The lowest BCUT2D eigenvalue weighted by molar-refractivity contribution is 0.694. The van der Waals surface area contributed by atoms with Crippen LogP contribution in [0.3, 0.4) is 0 Å². The Balaban J connectivity index is 1.76. The van der Waals surface area contributed by atoms with Gasteiger partial charge in [0.25, 0.3) is 0 Å². The van der Waals surface area contributed by atoms with Gasteiger partial charge in [-0.2, -0.15) is 0 Å². The van der Waals surface area contributed by atoms with Crippen LogP contribution in [0.5, 0.6) is 0 Å². The van der Waals surface area contributed by atoms with Gasteiger partial charge in [-0.3, -0.25) is 0 Å². The lowest BCUT2D eigenvalue weighted by Crippen LogP contribution is -2.13. The molecule has 0 saturated heterocycles. The molecule has 1 heterocycles. The first kappa shape index (κ1) is 14.5. The molecule has 0 saturated carbocycles. The molecular formula is C17H16Cl2N2. The number of nitrogens with one attached hydrogen (secondary N) is 1. The highest BCUT2D eigenvalue weighted by molar-refractivity contribution is 6.35. The minimum atomic E-state index is 0.654. The standard InChI is InChI=1S/C17H16Cl2N2/c1-21-11-12(13-5-2-3-8-17(13)21)9-20-10-14-15(18)6-4-7-16(14)19/h2-8,11,20H,9-10H2,1H3. The third kappa shape index (κ3) is 2.93. The molecular weight excluding hydrogens is 303 g/mol. The topological polar surface area (TPSA) is 17.0 Å². The van der Waals surface area contributed by atoms with E-state index >= 15 is 0 Å². The van der Waals surface area contributed by atoms with Crippen LogP contribution in [0.25, 0.3) is 10.9 Å². The quantitative estimate of drug-likeness (QED) is 0.732. The number of fused-ring (bicyclic) bond motifs is 1. The molecule has 1 aromatic heterocycles. The highest BCUT2D eigenvalue weighted by Gasteiger charge is 2.07. The molecule has 4 heteroatoms. The van der Waals surface area contributed by atoms with Crippen molar-refractivity contribution in [2.75, 3.05) is 0 Å². The third-order valence-corrected chi connectivity index (χ3v) is 4.37. The SMILES string of the molecule is Cn1cc(CNCc2c(Cl)cccc2Cl)c2ccccc21. The van der Waals surface area contributed by atoms with Crippen LogP contribution in [0.4, 0.5) is 0 Å². The summed E-state index contributed by atoms with van der Waals surface area (Å²) in [4.78, 5) is 0. The van der Waals surface area contributed by atoms with Crippen LogP contribution in [0, 0.1) is 0 Å². The van der Waals surface area contributed by atoms with E-state index in [0.29, 0.717) is 16.6 Å². The monoisotopic (exact) mass is 318 g/mol. The predicted octanol–water partition coefficient (Wildman–Crippen LogP) is 4.77. The van der Waals surface area contributed by atoms with Crippen LogP contribution in [-0.2, 0) is 20.1 Å². The van der Waals surface area contributed by atoms with Gasteiger partial charge in [0, 0.05) is 52.8 Å². The number of aryl methyl sites for hydroxylation is 1. The highest BCUT2D eigenvalue weighted by atomic mass is 35.5. The summed E-state index contributed by atoms with van der Waals surface area (Å²) in [5, 5.41) is 6.10. The number of hydrogen-bond acceptors (Lipinski definition) is 1. The second-order valence-corrected chi connectivity index (χ2v) is 5.90. The van der Waals surface area contributed by atoms with Crippen molar-refractivity contribution in [3.05, 3.63) is 69.8 Å². The number of hydrogen-bond donors (Lipinski definition) is 1. The molecule has 1 N–H and O–H groups in total. The number of rotatable bonds is 4. The number of aromatic nitrogens is 1. The summed E-state index contributed by atoms with van der Waals surface area (Å²) < 4.78 is 2.15. The normalized spacial score (nSPS) is 11.2. The van der Waals surface area contributed by atoms with E-state index in [0.717, 1.165) is 12.1 Å². The largest absolute Gasteiger partial charge is 0.350 e. The number of nitrogens with zero attached hydrogens (tertiary/aromatic N) is 1. The van der Waals surface area contributed by atoms with E-state index in [2.05, 4.69) is 47.4 Å². The van der Waals surface area contributed by atoms with Crippen molar-refractivity contribution >= 4 is 34.1 Å². The molecule has 2 nitrogen and oxygen atoms in total. The maximum absolute atomic E-state index is 6.18. The second-order valence-electron chi connectivity index (χ2n) is 5.09. The molecule has 21 heavy (non-hydrogen) atoms. The lowest BCUT2D eigenvalue weighted by atomic mass is 10.1. The Labute approximate surface area is 134 Å². The average molecular weight is 319 g/mol. The van der Waals surface area contributed by atoms with Crippen LogP contribution in [0.2, 0.25) is 10.0 Å². The Hall–Kier alpha value is -1.48. The summed E-state index contributed by atoms with van der Waals surface area (Å²) in [5.41, 5.74) is 3.46. The van der Waals surface area contributed by atoms with Crippen LogP contribution in [0.15, 0.2) is 48.7 Å². The lowest BCUT2D eigenvalue weighted by Gasteiger charge is -2.08. The van der Waals surface area contributed by atoms with E-state index < -0.39 is 0 Å². The van der Waals surface area contributed by atoms with Crippen molar-refractivity contribution in [2.24, 2.45) is 7.05 Å². The van der Waals surface area contributed by atoms with Gasteiger partial charge in [0.05, 0.1) is 0 Å². The van der Waals surface area contributed by atoms with Crippen molar-refractivity contribution in [3.63, 3.8) is 0 Å². The van der Waals surface area contributed by atoms with Crippen LogP contribution in [0.1, 0.15) is 11.1 Å². The molecule has 0 amide bonds. The van der Waals surface area contributed by atoms with E-state index in [-0.39, 0.29) is 0 Å². The maximum Gasteiger partial charge on any atom is 0.0481 e. The molecule has 0 bridgehead atoms. The minimum absolute atomic E-state index is 0.654. The van der Waals surface area contributed by atoms with Gasteiger partial charge in [0.15, 0.2) is 0 Å². The molecule has 2 aromatic carbocycles. The third-order valence-electron chi connectivity index (χ3n) is 3.66. The van der Waals surface area contributed by atoms with Crippen molar-refractivity contribution in [1.29, 1.82) is 0 Å². The van der Waals surface area contributed by atoms with Crippen LogP contribution >= 0.6 is 23.2 Å². The number of para-hydroxylation sites is 1. The Bertz CT molecular complexity index is 757. The summed E-state index contributed by atoms with van der Waals surface area (Å²) in [6.07, 6.45) is 2.16. The highest BCUT2D eigenvalue weighted by Crippen LogP contribution is 2.24. The summed E-state index contributed by atoms with van der Waals surface area (Å²) in [7, 11) is 2.07. The van der Waals surface area contributed by atoms with Gasteiger partial charge in [-0.25, -0.2) is 0 Å². The Morgan fingerprint density at radius 3 is 2.43 bits per heavy atom. The van der Waals surface area contributed by atoms with Gasteiger partial charge in [0.2, 0.25) is 0 Å². The number of halogens is 2.